The Kier molecular flexibility index (Phi) is 10.9. The lowest BCUT2D eigenvalue weighted by Gasteiger charge is -2.30. The second-order valence-corrected chi connectivity index (χ2v) is 9.37. The number of methoxy groups -OCH3 is 1. The first kappa shape index (κ1) is 26.1. The molecule has 174 valence electrons. The number of rotatable bonds is 12. The molecule has 0 fully saturated rings. The van der Waals surface area contributed by atoms with Crippen molar-refractivity contribution in [2.45, 2.75) is 63.6 Å². The summed E-state index contributed by atoms with van der Waals surface area (Å²) in [6.45, 7) is 6.16. The smallest absolute Gasteiger partial charge is 0.242 e. The van der Waals surface area contributed by atoms with E-state index in [2.05, 4.69) is 5.32 Å². The number of nitrogens with one attached hydrogen (secondary N) is 1. The lowest BCUT2D eigenvalue weighted by molar-refractivity contribution is -0.140. The zero-order valence-corrected chi connectivity index (χ0v) is 20.8. The Bertz CT molecular complexity index is 858. The largest absolute Gasteiger partial charge is 0.497 e. The maximum atomic E-state index is 13.1. The molecule has 0 aliphatic heterocycles. The summed E-state index contributed by atoms with van der Waals surface area (Å²) in [6.07, 6.45) is 1.95. The number of hydrogen-bond acceptors (Lipinski definition) is 4. The monoisotopic (exact) mass is 476 g/mol. The normalized spacial score (nSPS) is 12.7. The number of hydrogen-bond donors (Lipinski definition) is 1. The summed E-state index contributed by atoms with van der Waals surface area (Å²) >= 11 is 7.62. The summed E-state index contributed by atoms with van der Waals surface area (Å²) in [5.41, 5.74) is 0.956. The van der Waals surface area contributed by atoms with Gasteiger partial charge in [0.2, 0.25) is 11.8 Å². The lowest BCUT2D eigenvalue weighted by atomic mass is 10.1. The van der Waals surface area contributed by atoms with Crippen LogP contribution in [0.1, 0.15) is 45.6 Å². The maximum Gasteiger partial charge on any atom is 0.242 e. The van der Waals surface area contributed by atoms with Crippen LogP contribution in [0.15, 0.2) is 53.4 Å². The van der Waals surface area contributed by atoms with Gasteiger partial charge in [0.25, 0.3) is 0 Å². The molecule has 2 aromatic carbocycles. The first-order valence-corrected chi connectivity index (χ1v) is 12.3. The molecular weight excluding hydrogens is 444 g/mol. The molecule has 2 rings (SSSR count). The second kappa shape index (κ2) is 13.4. The molecule has 0 saturated carbocycles. The second-order valence-electron chi connectivity index (χ2n) is 7.77. The third-order valence-electron chi connectivity index (χ3n) is 5.30. The SMILES string of the molecule is CCC(C)NC(=O)C(C)N(Cc1ccc(OC)cc1)C(=O)CCCSc1ccc(Cl)cc1. The molecular formula is C25H33ClN2O3S. The van der Waals surface area contributed by atoms with Crippen LogP contribution in [0.25, 0.3) is 0 Å². The lowest BCUT2D eigenvalue weighted by Crippen LogP contribution is -2.49. The fraction of sp³-hybridized carbons (Fsp3) is 0.440. The van der Waals surface area contributed by atoms with Crippen LogP contribution in [0.5, 0.6) is 5.75 Å². The van der Waals surface area contributed by atoms with Crippen molar-refractivity contribution in [2.24, 2.45) is 0 Å². The number of carbonyl (C=O) groups excluding carboxylic acids is 2. The van der Waals surface area contributed by atoms with Gasteiger partial charge in [-0.1, -0.05) is 30.7 Å². The van der Waals surface area contributed by atoms with Gasteiger partial charge in [0.1, 0.15) is 11.8 Å². The van der Waals surface area contributed by atoms with Crippen LogP contribution in [-0.4, -0.2) is 41.7 Å². The summed E-state index contributed by atoms with van der Waals surface area (Å²) in [5, 5.41) is 3.71. The van der Waals surface area contributed by atoms with Crippen LogP contribution < -0.4 is 10.1 Å². The summed E-state index contributed by atoms with van der Waals surface area (Å²) in [7, 11) is 1.62. The fourth-order valence-corrected chi connectivity index (χ4v) is 4.04. The number of benzene rings is 2. The van der Waals surface area contributed by atoms with Gasteiger partial charge in [0, 0.05) is 28.9 Å². The summed E-state index contributed by atoms with van der Waals surface area (Å²) < 4.78 is 5.22. The molecule has 0 bridgehead atoms. The molecule has 2 amide bonds. The number of thioether (sulfide) groups is 1. The van der Waals surface area contributed by atoms with Crippen molar-refractivity contribution in [2.75, 3.05) is 12.9 Å². The van der Waals surface area contributed by atoms with Gasteiger partial charge in [-0.15, -0.1) is 11.8 Å². The van der Waals surface area contributed by atoms with Gasteiger partial charge in [-0.05, 0) is 74.4 Å². The number of ether oxygens (including phenoxy) is 1. The van der Waals surface area contributed by atoms with Crippen molar-refractivity contribution >= 4 is 35.2 Å². The highest BCUT2D eigenvalue weighted by atomic mass is 35.5. The number of nitrogens with zero attached hydrogens (tertiary/aromatic N) is 1. The molecule has 0 aliphatic rings. The predicted molar refractivity (Wildman–Crippen MR) is 132 cm³/mol. The van der Waals surface area contributed by atoms with Crippen molar-refractivity contribution < 1.29 is 14.3 Å². The minimum atomic E-state index is -0.553. The Morgan fingerprint density at radius 2 is 1.75 bits per heavy atom. The summed E-state index contributed by atoms with van der Waals surface area (Å²) in [4.78, 5) is 28.7. The van der Waals surface area contributed by atoms with E-state index in [0.717, 1.165) is 34.8 Å². The van der Waals surface area contributed by atoms with Crippen molar-refractivity contribution in [3.8, 4) is 5.75 Å². The van der Waals surface area contributed by atoms with Crippen LogP contribution in [0, 0.1) is 0 Å². The topological polar surface area (TPSA) is 58.6 Å². The van der Waals surface area contributed by atoms with Gasteiger partial charge in [-0.3, -0.25) is 9.59 Å². The molecule has 2 unspecified atom stereocenters. The van der Waals surface area contributed by atoms with Crippen molar-refractivity contribution in [3.05, 3.63) is 59.1 Å². The average molecular weight is 477 g/mol. The number of carbonyl (C=O) groups is 2. The van der Waals surface area contributed by atoms with Crippen LogP contribution >= 0.6 is 23.4 Å². The molecule has 7 heteroatoms. The van der Waals surface area contributed by atoms with E-state index in [-0.39, 0.29) is 17.9 Å². The molecule has 0 aliphatic carbocycles. The standard InChI is InChI=1S/C25H33ClN2O3S/c1-5-18(2)27-25(30)19(3)28(17-20-8-12-22(31-4)13-9-20)24(29)7-6-16-32-23-14-10-21(26)11-15-23/h8-15,18-19H,5-7,16-17H2,1-4H3,(H,27,30). The minimum Gasteiger partial charge on any atom is -0.497 e. The van der Waals surface area contributed by atoms with E-state index in [1.165, 1.54) is 0 Å². The molecule has 2 atom stereocenters. The van der Waals surface area contributed by atoms with Gasteiger partial charge in [-0.2, -0.15) is 0 Å². The molecule has 0 aromatic heterocycles. The Hall–Kier alpha value is -2.18. The van der Waals surface area contributed by atoms with Crippen LogP contribution in [0.4, 0.5) is 0 Å². The molecule has 1 N–H and O–H groups in total. The van der Waals surface area contributed by atoms with Crippen LogP contribution in [0.2, 0.25) is 5.02 Å². The molecule has 0 spiro atoms. The first-order chi connectivity index (χ1) is 15.3. The maximum absolute atomic E-state index is 13.1. The quantitative estimate of drug-likeness (QED) is 0.322. The van der Waals surface area contributed by atoms with Crippen LogP contribution in [0.3, 0.4) is 0 Å². The van der Waals surface area contributed by atoms with E-state index in [9.17, 15) is 9.59 Å². The first-order valence-electron chi connectivity index (χ1n) is 10.9. The molecule has 2 aromatic rings. The fourth-order valence-electron chi connectivity index (χ4n) is 3.06. The highest BCUT2D eigenvalue weighted by Gasteiger charge is 2.26. The summed E-state index contributed by atoms with van der Waals surface area (Å²) in [5.74, 6) is 1.42. The molecule has 0 radical (unpaired) electrons. The summed E-state index contributed by atoms with van der Waals surface area (Å²) in [6, 6.07) is 14.8. The van der Waals surface area contributed by atoms with Gasteiger partial charge in [0.15, 0.2) is 0 Å². The van der Waals surface area contributed by atoms with Crippen molar-refractivity contribution in [1.82, 2.24) is 10.2 Å². The van der Waals surface area contributed by atoms with Crippen LogP contribution in [-0.2, 0) is 16.1 Å². The molecule has 32 heavy (non-hydrogen) atoms. The molecule has 0 heterocycles. The van der Waals surface area contributed by atoms with Crippen molar-refractivity contribution in [3.63, 3.8) is 0 Å². The van der Waals surface area contributed by atoms with E-state index in [4.69, 9.17) is 16.3 Å². The highest BCUT2D eigenvalue weighted by molar-refractivity contribution is 7.99. The third-order valence-corrected chi connectivity index (χ3v) is 6.65. The number of halogens is 1. The number of amides is 2. The van der Waals surface area contributed by atoms with Gasteiger partial charge >= 0.3 is 0 Å². The third kappa shape index (κ3) is 8.40. The minimum absolute atomic E-state index is 0.0238. The zero-order valence-electron chi connectivity index (χ0n) is 19.3. The highest BCUT2D eigenvalue weighted by Crippen LogP contribution is 2.22. The Morgan fingerprint density at radius 1 is 1.09 bits per heavy atom. The average Bonchev–Trinajstić information content (AvgIpc) is 2.81. The van der Waals surface area contributed by atoms with E-state index in [1.807, 2.05) is 62.4 Å². The predicted octanol–water partition coefficient (Wildman–Crippen LogP) is 5.55. The Balaban J connectivity index is 2.01. The zero-order chi connectivity index (χ0) is 23.5. The van der Waals surface area contributed by atoms with Gasteiger partial charge in [-0.25, -0.2) is 0 Å². The van der Waals surface area contributed by atoms with Gasteiger partial charge in [0.05, 0.1) is 7.11 Å². The van der Waals surface area contributed by atoms with E-state index >= 15 is 0 Å². The van der Waals surface area contributed by atoms with Gasteiger partial charge < -0.3 is 15.0 Å². The Morgan fingerprint density at radius 3 is 2.34 bits per heavy atom. The molecule has 0 saturated heterocycles. The van der Waals surface area contributed by atoms with E-state index in [1.54, 1.807) is 30.7 Å². The van der Waals surface area contributed by atoms with E-state index in [0.29, 0.717) is 18.0 Å². The van der Waals surface area contributed by atoms with Crippen molar-refractivity contribution in [1.29, 1.82) is 0 Å². The van der Waals surface area contributed by atoms with E-state index < -0.39 is 6.04 Å². The Labute approximate surface area is 200 Å². The molecule has 5 nitrogen and oxygen atoms in total.